The van der Waals surface area contributed by atoms with Crippen LogP contribution in [-0.2, 0) is 9.59 Å². The lowest BCUT2D eigenvalue weighted by atomic mass is 9.94. The largest absolute Gasteiger partial charge is 0.396 e. The van der Waals surface area contributed by atoms with Crippen molar-refractivity contribution in [1.82, 2.24) is 5.32 Å². The summed E-state index contributed by atoms with van der Waals surface area (Å²) in [6.07, 6.45) is 1.22. The molecule has 5 nitrogen and oxygen atoms in total. The molecule has 0 fully saturated rings. The van der Waals surface area contributed by atoms with Gasteiger partial charge in [0.05, 0.1) is 5.69 Å². The lowest BCUT2D eigenvalue weighted by molar-refractivity contribution is -0.136. The first kappa shape index (κ1) is 20.0. The minimum Gasteiger partial charge on any atom is -0.396 e. The van der Waals surface area contributed by atoms with Crippen molar-refractivity contribution >= 4 is 17.5 Å². The van der Waals surface area contributed by atoms with Gasteiger partial charge in [-0.05, 0) is 24.7 Å². The monoisotopic (exact) mass is 346 g/mol. The summed E-state index contributed by atoms with van der Waals surface area (Å²) >= 11 is 0. The Bertz CT molecular complexity index is 594. The first-order valence-electron chi connectivity index (χ1n) is 7.59. The van der Waals surface area contributed by atoms with Crippen LogP contribution in [0.3, 0.4) is 0 Å². The van der Waals surface area contributed by atoms with E-state index in [2.05, 4.69) is 5.32 Å². The quantitative estimate of drug-likeness (QED) is 0.523. The SMILES string of the molecule is CC(C)CC(CCO)CNC(=O)C(=O)Nc1cc(F)c(F)cc1F. The van der Waals surface area contributed by atoms with Crippen LogP contribution in [0.5, 0.6) is 0 Å². The van der Waals surface area contributed by atoms with Gasteiger partial charge in [-0.3, -0.25) is 9.59 Å². The topological polar surface area (TPSA) is 78.4 Å². The van der Waals surface area contributed by atoms with E-state index in [1.807, 2.05) is 19.2 Å². The van der Waals surface area contributed by atoms with Gasteiger partial charge in [0.25, 0.3) is 0 Å². The molecular formula is C16H21F3N2O3. The number of hydrogen-bond acceptors (Lipinski definition) is 3. The molecule has 1 aromatic carbocycles. The average molecular weight is 346 g/mol. The molecule has 0 aromatic heterocycles. The van der Waals surface area contributed by atoms with E-state index in [9.17, 15) is 22.8 Å². The third kappa shape index (κ3) is 6.19. The third-order valence-corrected chi connectivity index (χ3v) is 3.36. The van der Waals surface area contributed by atoms with Gasteiger partial charge in [0.15, 0.2) is 11.6 Å². The van der Waals surface area contributed by atoms with E-state index < -0.39 is 35.0 Å². The molecule has 0 saturated carbocycles. The zero-order valence-electron chi connectivity index (χ0n) is 13.5. The molecule has 0 radical (unpaired) electrons. The fraction of sp³-hybridized carbons (Fsp3) is 0.500. The van der Waals surface area contributed by atoms with E-state index in [1.165, 1.54) is 0 Å². The maximum atomic E-state index is 13.4. The zero-order chi connectivity index (χ0) is 18.3. The molecule has 134 valence electrons. The number of carbonyl (C=O) groups excluding carboxylic acids is 2. The predicted octanol–water partition coefficient (Wildman–Crippen LogP) is 2.20. The fourth-order valence-electron chi connectivity index (χ4n) is 2.27. The Morgan fingerprint density at radius 1 is 1.08 bits per heavy atom. The maximum absolute atomic E-state index is 13.4. The van der Waals surface area contributed by atoms with Crippen molar-refractivity contribution in [3.05, 3.63) is 29.6 Å². The Labute approximate surface area is 138 Å². The van der Waals surface area contributed by atoms with E-state index in [0.717, 1.165) is 6.42 Å². The van der Waals surface area contributed by atoms with E-state index in [4.69, 9.17) is 5.11 Å². The molecule has 1 unspecified atom stereocenters. The first-order valence-corrected chi connectivity index (χ1v) is 7.59. The van der Waals surface area contributed by atoms with Crippen LogP contribution < -0.4 is 10.6 Å². The first-order chi connectivity index (χ1) is 11.2. The van der Waals surface area contributed by atoms with E-state index >= 15 is 0 Å². The molecule has 0 heterocycles. The Balaban J connectivity index is 2.61. The minimum atomic E-state index is -1.39. The summed E-state index contributed by atoms with van der Waals surface area (Å²) in [6.45, 7) is 4.11. The minimum absolute atomic E-state index is 0.00764. The number of amides is 2. The van der Waals surface area contributed by atoms with Crippen molar-refractivity contribution < 1.29 is 27.9 Å². The van der Waals surface area contributed by atoms with Crippen LogP contribution in [0.25, 0.3) is 0 Å². The highest BCUT2D eigenvalue weighted by Crippen LogP contribution is 2.18. The smallest absolute Gasteiger partial charge is 0.313 e. The second-order valence-electron chi connectivity index (χ2n) is 5.92. The van der Waals surface area contributed by atoms with Crippen molar-refractivity contribution in [1.29, 1.82) is 0 Å². The molecule has 3 N–H and O–H groups in total. The second kappa shape index (κ2) is 9.27. The lowest BCUT2D eigenvalue weighted by Crippen LogP contribution is -2.38. The van der Waals surface area contributed by atoms with Crippen LogP contribution in [0.1, 0.15) is 26.7 Å². The van der Waals surface area contributed by atoms with E-state index in [-0.39, 0.29) is 25.1 Å². The summed E-state index contributed by atoms with van der Waals surface area (Å²) in [4.78, 5) is 23.4. The highest BCUT2D eigenvalue weighted by molar-refractivity contribution is 6.39. The Hall–Kier alpha value is -2.09. The van der Waals surface area contributed by atoms with Crippen molar-refractivity contribution in [2.24, 2.45) is 11.8 Å². The molecule has 0 aliphatic carbocycles. The number of carbonyl (C=O) groups is 2. The number of aliphatic hydroxyl groups is 1. The molecule has 0 aliphatic heterocycles. The molecule has 0 bridgehead atoms. The number of benzene rings is 1. The van der Waals surface area contributed by atoms with Crippen LogP contribution >= 0.6 is 0 Å². The molecule has 24 heavy (non-hydrogen) atoms. The summed E-state index contributed by atoms with van der Waals surface area (Å²) in [6, 6.07) is 0.742. The number of anilines is 1. The van der Waals surface area contributed by atoms with Gasteiger partial charge in [-0.2, -0.15) is 0 Å². The predicted molar refractivity (Wildman–Crippen MR) is 82.6 cm³/mol. The van der Waals surface area contributed by atoms with E-state index in [0.29, 0.717) is 18.4 Å². The van der Waals surface area contributed by atoms with Gasteiger partial charge >= 0.3 is 11.8 Å². The number of hydrogen-bond donors (Lipinski definition) is 3. The van der Waals surface area contributed by atoms with Crippen molar-refractivity contribution in [3.8, 4) is 0 Å². The highest BCUT2D eigenvalue weighted by atomic mass is 19.2. The standard InChI is InChI=1S/C16H21F3N2O3/c1-9(2)5-10(3-4-22)8-20-15(23)16(24)21-14-7-12(18)11(17)6-13(14)19/h6-7,9-10,22H,3-5,8H2,1-2H3,(H,20,23)(H,21,24). The van der Waals surface area contributed by atoms with Crippen molar-refractivity contribution in [3.63, 3.8) is 0 Å². The van der Waals surface area contributed by atoms with Gasteiger partial charge in [-0.15, -0.1) is 0 Å². The van der Waals surface area contributed by atoms with Gasteiger partial charge in [-0.1, -0.05) is 13.8 Å². The molecule has 8 heteroatoms. The number of nitrogens with one attached hydrogen (secondary N) is 2. The zero-order valence-corrected chi connectivity index (χ0v) is 13.5. The van der Waals surface area contributed by atoms with Crippen molar-refractivity contribution in [2.75, 3.05) is 18.5 Å². The van der Waals surface area contributed by atoms with Gasteiger partial charge in [0.2, 0.25) is 0 Å². The lowest BCUT2D eigenvalue weighted by Gasteiger charge is -2.18. The normalized spacial score (nSPS) is 12.1. The third-order valence-electron chi connectivity index (χ3n) is 3.36. The summed E-state index contributed by atoms with van der Waals surface area (Å²) in [5.41, 5.74) is -0.622. The summed E-state index contributed by atoms with van der Waals surface area (Å²) in [7, 11) is 0. The van der Waals surface area contributed by atoms with Gasteiger partial charge in [0, 0.05) is 25.3 Å². The molecule has 1 aromatic rings. The number of rotatable bonds is 7. The highest BCUT2D eigenvalue weighted by Gasteiger charge is 2.19. The Morgan fingerprint density at radius 3 is 2.29 bits per heavy atom. The number of aliphatic hydroxyl groups excluding tert-OH is 1. The summed E-state index contributed by atoms with van der Waals surface area (Å²) < 4.78 is 39.3. The molecule has 1 rings (SSSR count). The van der Waals surface area contributed by atoms with Crippen LogP contribution in [-0.4, -0.2) is 30.1 Å². The molecule has 0 spiro atoms. The molecule has 0 saturated heterocycles. The molecular weight excluding hydrogens is 325 g/mol. The van der Waals surface area contributed by atoms with Crippen LogP contribution in [0.15, 0.2) is 12.1 Å². The van der Waals surface area contributed by atoms with Gasteiger partial charge in [0.1, 0.15) is 5.82 Å². The second-order valence-corrected chi connectivity index (χ2v) is 5.92. The summed E-state index contributed by atoms with van der Waals surface area (Å²) in [5.74, 6) is -5.79. The van der Waals surface area contributed by atoms with Gasteiger partial charge < -0.3 is 15.7 Å². The molecule has 0 aliphatic rings. The molecule has 2 amide bonds. The van der Waals surface area contributed by atoms with Gasteiger partial charge in [-0.25, -0.2) is 13.2 Å². The van der Waals surface area contributed by atoms with Crippen molar-refractivity contribution in [2.45, 2.75) is 26.7 Å². The Kier molecular flexibility index (Phi) is 7.70. The van der Waals surface area contributed by atoms with Crippen LogP contribution in [0, 0.1) is 29.3 Å². The number of halogens is 3. The average Bonchev–Trinajstić information content (AvgIpc) is 2.49. The maximum Gasteiger partial charge on any atom is 0.313 e. The van der Waals surface area contributed by atoms with E-state index in [1.54, 1.807) is 0 Å². The van der Waals surface area contributed by atoms with Crippen LogP contribution in [0.4, 0.5) is 18.9 Å². The Morgan fingerprint density at radius 2 is 1.71 bits per heavy atom. The van der Waals surface area contributed by atoms with Crippen LogP contribution in [0.2, 0.25) is 0 Å². The molecule has 1 atom stereocenters. The summed E-state index contributed by atoms with van der Waals surface area (Å²) in [5, 5.41) is 13.3. The fourth-order valence-corrected chi connectivity index (χ4v) is 2.27.